The third-order valence-electron chi connectivity index (χ3n) is 6.42. The van der Waals surface area contributed by atoms with Gasteiger partial charge in [-0.25, -0.2) is 0 Å². The Morgan fingerprint density at radius 2 is 1.79 bits per heavy atom. The molecule has 0 radical (unpaired) electrons. The van der Waals surface area contributed by atoms with Crippen molar-refractivity contribution < 1.29 is 14.3 Å². The van der Waals surface area contributed by atoms with Crippen molar-refractivity contribution in [1.82, 2.24) is 0 Å². The van der Waals surface area contributed by atoms with Gasteiger partial charge in [0, 0.05) is 0 Å². The second-order valence-electron chi connectivity index (χ2n) is 8.17. The number of nitrogens with one attached hydrogen (secondary N) is 2. The van der Waals surface area contributed by atoms with Crippen LogP contribution in [0.1, 0.15) is 38.5 Å². The summed E-state index contributed by atoms with van der Waals surface area (Å²) in [6.45, 7) is 0.0272. The molecule has 126 valence electrons. The minimum atomic E-state index is -0.197. The fourth-order valence-electron chi connectivity index (χ4n) is 5.85. The molecule has 1 aromatic carbocycles. The lowest BCUT2D eigenvalue weighted by atomic mass is 9.49. The molecule has 5 nitrogen and oxygen atoms in total. The molecular weight excluding hydrogens is 304 g/mol. The Morgan fingerprint density at radius 3 is 2.46 bits per heavy atom. The number of para-hydroxylation sites is 1. The normalized spacial score (nSPS) is 35.8. The molecule has 0 unspecified atom stereocenters. The van der Waals surface area contributed by atoms with Gasteiger partial charge in [-0.2, -0.15) is 0 Å². The Kier molecular flexibility index (Phi) is 2.97. The topological polar surface area (TPSA) is 67.4 Å². The Balaban J connectivity index is 1.43. The fraction of sp³-hybridized carbons (Fsp3) is 0.579. The van der Waals surface area contributed by atoms with E-state index in [0.29, 0.717) is 17.1 Å². The SMILES string of the molecule is O=C1COc2cccc(NC(=O)C34CC5CC(CC(C5)C3)C4)c2N1. The van der Waals surface area contributed by atoms with Crippen molar-refractivity contribution in [2.45, 2.75) is 38.5 Å². The second kappa shape index (κ2) is 4.98. The van der Waals surface area contributed by atoms with Crippen LogP contribution in [0.5, 0.6) is 5.75 Å². The van der Waals surface area contributed by atoms with Gasteiger partial charge in [0.2, 0.25) is 5.91 Å². The first-order valence-electron chi connectivity index (χ1n) is 8.98. The molecule has 2 amide bonds. The van der Waals surface area contributed by atoms with E-state index < -0.39 is 0 Å². The van der Waals surface area contributed by atoms with Gasteiger partial charge in [-0.05, 0) is 68.4 Å². The minimum absolute atomic E-state index is 0.0272. The molecule has 5 heteroatoms. The summed E-state index contributed by atoms with van der Waals surface area (Å²) in [4.78, 5) is 24.8. The highest BCUT2D eigenvalue weighted by Crippen LogP contribution is 2.60. The van der Waals surface area contributed by atoms with Crippen molar-refractivity contribution in [1.29, 1.82) is 0 Å². The molecule has 0 spiro atoms. The van der Waals surface area contributed by atoms with Gasteiger partial charge in [0.1, 0.15) is 11.4 Å². The van der Waals surface area contributed by atoms with E-state index in [-0.39, 0.29) is 23.8 Å². The summed E-state index contributed by atoms with van der Waals surface area (Å²) in [5.41, 5.74) is 1.05. The monoisotopic (exact) mass is 326 g/mol. The molecule has 4 fully saturated rings. The molecule has 6 rings (SSSR count). The number of carbonyl (C=O) groups excluding carboxylic acids is 2. The third-order valence-corrected chi connectivity index (χ3v) is 6.42. The lowest BCUT2D eigenvalue weighted by molar-refractivity contribution is -0.140. The van der Waals surface area contributed by atoms with Gasteiger partial charge in [-0.15, -0.1) is 0 Å². The van der Waals surface area contributed by atoms with Crippen molar-refractivity contribution in [3.8, 4) is 5.75 Å². The van der Waals surface area contributed by atoms with Crippen molar-refractivity contribution in [3.05, 3.63) is 18.2 Å². The van der Waals surface area contributed by atoms with Gasteiger partial charge in [0.05, 0.1) is 11.1 Å². The summed E-state index contributed by atoms with van der Waals surface area (Å²) in [6, 6.07) is 5.51. The van der Waals surface area contributed by atoms with E-state index in [9.17, 15) is 9.59 Å². The van der Waals surface area contributed by atoms with Crippen LogP contribution in [0.15, 0.2) is 18.2 Å². The Morgan fingerprint density at radius 1 is 1.12 bits per heavy atom. The molecule has 4 aliphatic carbocycles. The van der Waals surface area contributed by atoms with Crippen LogP contribution in [0.3, 0.4) is 0 Å². The first kappa shape index (κ1) is 14.3. The van der Waals surface area contributed by atoms with Gasteiger partial charge in [-0.3, -0.25) is 9.59 Å². The van der Waals surface area contributed by atoms with Crippen LogP contribution >= 0.6 is 0 Å². The summed E-state index contributed by atoms with van der Waals surface area (Å²) < 4.78 is 5.44. The average Bonchev–Trinajstić information content (AvgIpc) is 2.54. The molecule has 0 atom stereocenters. The zero-order valence-corrected chi connectivity index (χ0v) is 13.6. The second-order valence-corrected chi connectivity index (χ2v) is 8.17. The Labute approximate surface area is 141 Å². The summed E-state index contributed by atoms with van der Waals surface area (Å²) in [5, 5.41) is 5.94. The van der Waals surface area contributed by atoms with E-state index in [1.165, 1.54) is 19.3 Å². The van der Waals surface area contributed by atoms with E-state index in [4.69, 9.17) is 4.74 Å². The number of benzene rings is 1. The summed E-state index contributed by atoms with van der Waals surface area (Å²) in [5.74, 6) is 2.77. The summed E-state index contributed by atoms with van der Waals surface area (Å²) >= 11 is 0. The molecule has 5 aliphatic rings. The highest BCUT2D eigenvalue weighted by atomic mass is 16.5. The lowest BCUT2D eigenvalue weighted by Gasteiger charge is -2.55. The van der Waals surface area contributed by atoms with Crippen molar-refractivity contribution in [2.75, 3.05) is 17.2 Å². The Hall–Kier alpha value is -2.04. The predicted octanol–water partition coefficient (Wildman–Crippen LogP) is 3.17. The average molecular weight is 326 g/mol. The van der Waals surface area contributed by atoms with Gasteiger partial charge >= 0.3 is 0 Å². The highest BCUT2D eigenvalue weighted by molar-refractivity contribution is 6.04. The number of carbonyl (C=O) groups is 2. The van der Waals surface area contributed by atoms with Crippen molar-refractivity contribution in [2.24, 2.45) is 23.2 Å². The van der Waals surface area contributed by atoms with Crippen LogP contribution < -0.4 is 15.4 Å². The Bertz CT molecular complexity index is 692. The van der Waals surface area contributed by atoms with Crippen LogP contribution in [0, 0.1) is 23.2 Å². The number of hydrogen-bond acceptors (Lipinski definition) is 3. The van der Waals surface area contributed by atoms with E-state index >= 15 is 0 Å². The van der Waals surface area contributed by atoms with Gasteiger partial charge in [0.25, 0.3) is 5.91 Å². The van der Waals surface area contributed by atoms with Crippen molar-refractivity contribution >= 4 is 23.2 Å². The first-order chi connectivity index (χ1) is 11.6. The van der Waals surface area contributed by atoms with Crippen LogP contribution in [-0.2, 0) is 9.59 Å². The van der Waals surface area contributed by atoms with E-state index in [1.54, 1.807) is 0 Å². The van der Waals surface area contributed by atoms with Crippen LogP contribution in [0.25, 0.3) is 0 Å². The zero-order valence-electron chi connectivity index (χ0n) is 13.6. The number of fused-ring (bicyclic) bond motifs is 1. The van der Waals surface area contributed by atoms with Crippen LogP contribution in [0.2, 0.25) is 0 Å². The number of rotatable bonds is 2. The molecule has 0 saturated heterocycles. The summed E-state index contributed by atoms with van der Waals surface area (Å²) in [7, 11) is 0. The number of anilines is 2. The molecule has 0 aromatic heterocycles. The zero-order chi connectivity index (χ0) is 16.3. The largest absolute Gasteiger partial charge is 0.481 e. The number of hydrogen-bond donors (Lipinski definition) is 2. The smallest absolute Gasteiger partial charge is 0.262 e. The highest BCUT2D eigenvalue weighted by Gasteiger charge is 2.54. The molecule has 1 aliphatic heterocycles. The lowest BCUT2D eigenvalue weighted by Crippen LogP contribution is -2.51. The standard InChI is InChI=1S/C19H22N2O3/c22-16-10-24-15-3-1-2-14(17(15)21-16)20-18(23)19-7-11-4-12(8-19)6-13(5-11)9-19/h1-3,11-13H,4-10H2,(H,20,23)(H,21,22). The van der Waals surface area contributed by atoms with Gasteiger partial charge in [0.15, 0.2) is 6.61 Å². The van der Waals surface area contributed by atoms with Crippen LogP contribution in [-0.4, -0.2) is 18.4 Å². The quantitative estimate of drug-likeness (QED) is 0.877. The maximum Gasteiger partial charge on any atom is 0.262 e. The molecule has 1 heterocycles. The molecule has 2 N–H and O–H groups in total. The van der Waals surface area contributed by atoms with Gasteiger partial charge < -0.3 is 15.4 Å². The van der Waals surface area contributed by atoms with E-state index in [0.717, 1.165) is 37.0 Å². The molecule has 4 saturated carbocycles. The van der Waals surface area contributed by atoms with E-state index in [2.05, 4.69) is 10.6 Å². The molecular formula is C19H22N2O3. The maximum absolute atomic E-state index is 13.2. The molecule has 1 aromatic rings. The van der Waals surface area contributed by atoms with Crippen molar-refractivity contribution in [3.63, 3.8) is 0 Å². The van der Waals surface area contributed by atoms with E-state index in [1.807, 2.05) is 18.2 Å². The predicted molar refractivity (Wildman–Crippen MR) is 89.8 cm³/mol. The number of amides is 2. The minimum Gasteiger partial charge on any atom is -0.481 e. The first-order valence-corrected chi connectivity index (χ1v) is 8.98. The fourth-order valence-corrected chi connectivity index (χ4v) is 5.85. The third kappa shape index (κ3) is 2.14. The molecule has 4 bridgehead atoms. The van der Waals surface area contributed by atoms with Crippen LogP contribution in [0.4, 0.5) is 11.4 Å². The number of ether oxygens (including phenoxy) is 1. The van der Waals surface area contributed by atoms with Gasteiger partial charge in [-0.1, -0.05) is 6.07 Å². The maximum atomic E-state index is 13.2. The summed E-state index contributed by atoms with van der Waals surface area (Å²) in [6.07, 6.45) is 7.04. The molecule has 24 heavy (non-hydrogen) atoms.